The number of hydrogen-bond acceptors (Lipinski definition) is 2. The van der Waals surface area contributed by atoms with Gasteiger partial charge in [-0.25, -0.2) is 0 Å². The lowest BCUT2D eigenvalue weighted by Crippen LogP contribution is -1.91. The van der Waals surface area contributed by atoms with E-state index in [2.05, 4.69) is 41.8 Å². The first-order valence-electron chi connectivity index (χ1n) is 5.14. The molecule has 0 unspecified atom stereocenters. The minimum atomic E-state index is 0.263. The second-order valence-corrected chi connectivity index (χ2v) is 4.41. The van der Waals surface area contributed by atoms with Gasteiger partial charge in [0, 0.05) is 11.5 Å². The number of rotatable bonds is 4. The number of aliphatic hydroxyl groups excluding tert-OH is 1. The molecule has 0 saturated carbocycles. The Morgan fingerprint density at radius 1 is 1.07 bits per heavy atom. The van der Waals surface area contributed by atoms with Gasteiger partial charge in [0.25, 0.3) is 0 Å². The minimum absolute atomic E-state index is 0.263. The maximum absolute atomic E-state index is 8.85. The first kappa shape index (κ1) is 10.4. The van der Waals surface area contributed by atoms with E-state index in [4.69, 9.17) is 5.11 Å². The van der Waals surface area contributed by atoms with Gasteiger partial charge in [0.15, 0.2) is 0 Å². The van der Waals surface area contributed by atoms with E-state index in [1.807, 2.05) is 0 Å². The molecule has 0 aliphatic rings. The van der Waals surface area contributed by atoms with Gasteiger partial charge in [-0.2, -0.15) is 0 Å². The first-order chi connectivity index (χ1) is 7.42. The lowest BCUT2D eigenvalue weighted by atomic mass is 10.0. The molecule has 0 aliphatic heterocycles. The molecule has 2 rings (SSSR count). The molecule has 0 radical (unpaired) electrons. The van der Waals surface area contributed by atoms with Crippen molar-refractivity contribution in [3.05, 3.63) is 47.3 Å². The number of hydrogen-bond donors (Lipinski definition) is 1. The van der Waals surface area contributed by atoms with Crippen LogP contribution in [0.25, 0.3) is 10.4 Å². The summed E-state index contributed by atoms with van der Waals surface area (Å²) >= 11 is 1.76. The topological polar surface area (TPSA) is 20.2 Å². The third-order valence-electron chi connectivity index (χ3n) is 2.41. The van der Waals surface area contributed by atoms with Crippen LogP contribution in [0.4, 0.5) is 0 Å². The largest absolute Gasteiger partial charge is 0.396 e. The lowest BCUT2D eigenvalue weighted by molar-refractivity contribution is 0.288. The van der Waals surface area contributed by atoms with E-state index in [0.29, 0.717) is 0 Å². The summed E-state index contributed by atoms with van der Waals surface area (Å²) < 4.78 is 0. The van der Waals surface area contributed by atoms with Gasteiger partial charge in [-0.3, -0.25) is 0 Å². The van der Waals surface area contributed by atoms with Crippen LogP contribution in [0.2, 0.25) is 0 Å². The van der Waals surface area contributed by atoms with Crippen LogP contribution in [0, 0.1) is 0 Å². The molecule has 15 heavy (non-hydrogen) atoms. The van der Waals surface area contributed by atoms with Gasteiger partial charge in [-0.1, -0.05) is 30.3 Å². The van der Waals surface area contributed by atoms with Gasteiger partial charge in [-0.05, 0) is 35.4 Å². The molecule has 0 saturated heterocycles. The van der Waals surface area contributed by atoms with Crippen molar-refractivity contribution < 1.29 is 5.11 Å². The second-order valence-electron chi connectivity index (χ2n) is 3.46. The predicted molar refractivity (Wildman–Crippen MR) is 65.2 cm³/mol. The van der Waals surface area contributed by atoms with Crippen molar-refractivity contribution in [3.8, 4) is 10.4 Å². The van der Waals surface area contributed by atoms with Crippen molar-refractivity contribution in [1.29, 1.82) is 0 Å². The zero-order valence-corrected chi connectivity index (χ0v) is 9.33. The predicted octanol–water partition coefficient (Wildman–Crippen LogP) is 3.34. The Hall–Kier alpha value is -1.12. The Morgan fingerprint density at radius 2 is 1.93 bits per heavy atom. The van der Waals surface area contributed by atoms with E-state index in [0.717, 1.165) is 12.8 Å². The fraction of sp³-hybridized carbons (Fsp3) is 0.231. The highest BCUT2D eigenvalue weighted by Crippen LogP contribution is 2.28. The molecule has 0 atom stereocenters. The van der Waals surface area contributed by atoms with E-state index < -0.39 is 0 Å². The SMILES string of the molecule is OCCCc1ccccc1-c1cccs1. The Bertz CT molecular complexity index is 406. The molecule has 1 N–H and O–H groups in total. The van der Waals surface area contributed by atoms with Crippen LogP contribution in [-0.2, 0) is 6.42 Å². The van der Waals surface area contributed by atoms with Crippen molar-refractivity contribution in [1.82, 2.24) is 0 Å². The monoisotopic (exact) mass is 218 g/mol. The summed E-state index contributed by atoms with van der Waals surface area (Å²) in [5, 5.41) is 10.9. The zero-order chi connectivity index (χ0) is 10.5. The molecule has 0 spiro atoms. The third-order valence-corrected chi connectivity index (χ3v) is 3.31. The smallest absolute Gasteiger partial charge is 0.0434 e. The molecular weight excluding hydrogens is 204 g/mol. The molecule has 0 aliphatic carbocycles. The van der Waals surface area contributed by atoms with Crippen LogP contribution in [0.1, 0.15) is 12.0 Å². The molecule has 0 fully saturated rings. The molecule has 0 amide bonds. The van der Waals surface area contributed by atoms with Gasteiger partial charge in [-0.15, -0.1) is 11.3 Å². The van der Waals surface area contributed by atoms with Crippen LogP contribution in [0.3, 0.4) is 0 Å². The van der Waals surface area contributed by atoms with E-state index >= 15 is 0 Å². The molecule has 2 aromatic rings. The van der Waals surface area contributed by atoms with Gasteiger partial charge in [0.2, 0.25) is 0 Å². The highest BCUT2D eigenvalue weighted by atomic mass is 32.1. The lowest BCUT2D eigenvalue weighted by Gasteiger charge is -2.06. The second kappa shape index (κ2) is 5.10. The average molecular weight is 218 g/mol. The maximum Gasteiger partial charge on any atom is 0.0434 e. The summed E-state index contributed by atoms with van der Waals surface area (Å²) in [6.07, 6.45) is 1.78. The summed E-state index contributed by atoms with van der Waals surface area (Å²) in [5.74, 6) is 0. The zero-order valence-electron chi connectivity index (χ0n) is 8.52. The first-order valence-corrected chi connectivity index (χ1v) is 6.02. The Labute approximate surface area is 94.0 Å². The molecule has 2 heteroatoms. The van der Waals surface area contributed by atoms with E-state index in [1.54, 1.807) is 11.3 Å². The number of thiophene rings is 1. The van der Waals surface area contributed by atoms with Gasteiger partial charge in [0.1, 0.15) is 0 Å². The van der Waals surface area contributed by atoms with Gasteiger partial charge in [0.05, 0.1) is 0 Å². The Morgan fingerprint density at radius 3 is 2.67 bits per heavy atom. The van der Waals surface area contributed by atoms with Crippen LogP contribution in [-0.4, -0.2) is 11.7 Å². The molecular formula is C13H14OS. The number of benzene rings is 1. The summed E-state index contributed by atoms with van der Waals surface area (Å²) in [6, 6.07) is 12.6. The minimum Gasteiger partial charge on any atom is -0.396 e. The molecule has 1 heterocycles. The van der Waals surface area contributed by atoms with Crippen LogP contribution in [0.15, 0.2) is 41.8 Å². The average Bonchev–Trinajstić information content (AvgIpc) is 2.80. The Balaban J connectivity index is 2.30. The van der Waals surface area contributed by atoms with E-state index in [9.17, 15) is 0 Å². The highest BCUT2D eigenvalue weighted by Gasteiger charge is 2.04. The summed E-state index contributed by atoms with van der Waals surface area (Å²) in [7, 11) is 0. The third kappa shape index (κ3) is 2.46. The highest BCUT2D eigenvalue weighted by molar-refractivity contribution is 7.13. The number of aliphatic hydroxyl groups is 1. The molecule has 1 aromatic carbocycles. The summed E-state index contributed by atoms with van der Waals surface area (Å²) in [6.45, 7) is 0.263. The van der Waals surface area contributed by atoms with Crippen molar-refractivity contribution in [2.75, 3.05) is 6.61 Å². The fourth-order valence-corrected chi connectivity index (χ4v) is 2.47. The van der Waals surface area contributed by atoms with E-state index in [-0.39, 0.29) is 6.61 Å². The molecule has 1 nitrogen and oxygen atoms in total. The van der Waals surface area contributed by atoms with E-state index in [1.165, 1.54) is 16.0 Å². The quantitative estimate of drug-likeness (QED) is 0.834. The fourth-order valence-electron chi connectivity index (χ4n) is 1.68. The van der Waals surface area contributed by atoms with Crippen molar-refractivity contribution >= 4 is 11.3 Å². The van der Waals surface area contributed by atoms with Crippen LogP contribution < -0.4 is 0 Å². The summed E-state index contributed by atoms with van der Waals surface area (Å²) in [4.78, 5) is 1.31. The normalized spacial score (nSPS) is 10.5. The van der Waals surface area contributed by atoms with Crippen molar-refractivity contribution in [3.63, 3.8) is 0 Å². The summed E-state index contributed by atoms with van der Waals surface area (Å²) in [5.41, 5.74) is 2.63. The standard InChI is InChI=1S/C13H14OS/c14-9-3-6-11-5-1-2-7-12(11)13-8-4-10-15-13/h1-2,4-5,7-8,10,14H,3,6,9H2. The number of aryl methyl sites for hydroxylation is 1. The molecule has 1 aromatic heterocycles. The maximum atomic E-state index is 8.85. The van der Waals surface area contributed by atoms with Gasteiger partial charge >= 0.3 is 0 Å². The van der Waals surface area contributed by atoms with Crippen LogP contribution >= 0.6 is 11.3 Å². The van der Waals surface area contributed by atoms with Gasteiger partial charge < -0.3 is 5.11 Å². The van der Waals surface area contributed by atoms with Crippen molar-refractivity contribution in [2.24, 2.45) is 0 Å². The Kier molecular flexibility index (Phi) is 3.54. The molecule has 0 bridgehead atoms. The van der Waals surface area contributed by atoms with Crippen molar-refractivity contribution in [2.45, 2.75) is 12.8 Å². The molecule has 78 valence electrons. The van der Waals surface area contributed by atoms with Crippen LogP contribution in [0.5, 0.6) is 0 Å².